The molecular formula is C26H21F3N2O2S. The first kappa shape index (κ1) is 23.6. The van der Waals surface area contributed by atoms with Gasteiger partial charge in [-0.25, -0.2) is 0 Å². The zero-order valence-electron chi connectivity index (χ0n) is 18.2. The van der Waals surface area contributed by atoms with E-state index in [2.05, 4.69) is 5.32 Å². The van der Waals surface area contributed by atoms with Crippen LogP contribution in [0.5, 0.6) is 0 Å². The molecule has 3 aromatic rings. The summed E-state index contributed by atoms with van der Waals surface area (Å²) in [6.07, 6.45) is -2.89. The standard InChI is InChI=1S/C26H21F3N2O2S/c1-17(19-7-3-2-4-8-19)30-24(32)16-31-21-9-5-6-10-22(21)34-23(25(31)33)15-18-11-13-20(14-12-18)26(27,28)29/h2-15,17H,16H2,1H3,(H,30,32)/b23-15+/t17-/m1/s1. The van der Waals surface area contributed by atoms with Crippen molar-refractivity contribution in [1.82, 2.24) is 5.32 Å². The van der Waals surface area contributed by atoms with E-state index in [9.17, 15) is 22.8 Å². The second kappa shape index (κ2) is 9.77. The lowest BCUT2D eigenvalue weighted by Crippen LogP contribution is -2.43. The molecule has 1 heterocycles. The molecule has 34 heavy (non-hydrogen) atoms. The maximum absolute atomic E-state index is 13.3. The summed E-state index contributed by atoms with van der Waals surface area (Å²) in [7, 11) is 0. The van der Waals surface area contributed by atoms with Gasteiger partial charge in [0.05, 0.1) is 22.2 Å². The van der Waals surface area contributed by atoms with Crippen molar-refractivity contribution in [2.24, 2.45) is 0 Å². The van der Waals surface area contributed by atoms with E-state index in [1.165, 1.54) is 28.8 Å². The van der Waals surface area contributed by atoms with Gasteiger partial charge in [0.2, 0.25) is 5.91 Å². The number of carbonyl (C=O) groups is 2. The highest BCUT2D eigenvalue weighted by Gasteiger charge is 2.32. The summed E-state index contributed by atoms with van der Waals surface area (Å²) < 4.78 is 38.6. The Hall–Kier alpha value is -3.52. The molecule has 3 aromatic carbocycles. The number of hydrogen-bond acceptors (Lipinski definition) is 3. The number of nitrogens with one attached hydrogen (secondary N) is 1. The second-order valence-corrected chi connectivity index (χ2v) is 8.87. The molecule has 8 heteroatoms. The van der Waals surface area contributed by atoms with Gasteiger partial charge in [0, 0.05) is 4.90 Å². The fourth-order valence-corrected chi connectivity index (χ4v) is 4.65. The first-order chi connectivity index (χ1) is 16.2. The SMILES string of the molecule is C[C@@H](NC(=O)CN1C(=O)/C(=C\c2ccc(C(F)(F)F)cc2)Sc2ccccc21)c1ccccc1. The quantitative estimate of drug-likeness (QED) is 0.450. The van der Waals surface area contributed by atoms with Crippen molar-refractivity contribution in [3.63, 3.8) is 0 Å². The van der Waals surface area contributed by atoms with Crippen molar-refractivity contribution in [3.8, 4) is 0 Å². The molecule has 174 valence electrons. The molecule has 0 saturated heterocycles. The van der Waals surface area contributed by atoms with Gasteiger partial charge in [-0.05, 0) is 48.4 Å². The van der Waals surface area contributed by atoms with Crippen molar-refractivity contribution < 1.29 is 22.8 Å². The third-order valence-corrected chi connectivity index (χ3v) is 6.42. The molecule has 1 aliphatic rings. The van der Waals surface area contributed by atoms with Crippen LogP contribution in [0, 0.1) is 0 Å². The van der Waals surface area contributed by atoms with Crippen LogP contribution in [-0.4, -0.2) is 18.4 Å². The lowest BCUT2D eigenvalue weighted by molar-refractivity contribution is -0.137. The van der Waals surface area contributed by atoms with E-state index in [1.807, 2.05) is 49.4 Å². The predicted octanol–water partition coefficient (Wildman–Crippen LogP) is 6.06. The van der Waals surface area contributed by atoms with Gasteiger partial charge in [-0.3, -0.25) is 14.5 Å². The Bertz CT molecular complexity index is 1220. The number of rotatable bonds is 5. The number of nitrogens with zero attached hydrogens (tertiary/aromatic N) is 1. The van der Waals surface area contributed by atoms with Crippen LogP contribution in [0.15, 0.2) is 88.7 Å². The Morgan fingerprint density at radius 3 is 2.32 bits per heavy atom. The van der Waals surface area contributed by atoms with E-state index in [-0.39, 0.29) is 24.4 Å². The van der Waals surface area contributed by atoms with Crippen LogP contribution in [-0.2, 0) is 15.8 Å². The molecule has 0 aliphatic carbocycles. The smallest absolute Gasteiger partial charge is 0.348 e. The Balaban J connectivity index is 1.56. The summed E-state index contributed by atoms with van der Waals surface area (Å²) in [6.45, 7) is 1.68. The van der Waals surface area contributed by atoms with Crippen LogP contribution in [0.3, 0.4) is 0 Å². The lowest BCUT2D eigenvalue weighted by atomic mass is 10.1. The molecule has 1 N–H and O–H groups in total. The molecule has 0 fully saturated rings. The van der Waals surface area contributed by atoms with E-state index in [1.54, 1.807) is 18.2 Å². The molecule has 4 nitrogen and oxygen atoms in total. The number of alkyl halides is 3. The third-order valence-electron chi connectivity index (χ3n) is 5.35. The number of anilines is 1. The minimum Gasteiger partial charge on any atom is -0.348 e. The maximum atomic E-state index is 13.3. The van der Waals surface area contributed by atoms with Crippen LogP contribution in [0.25, 0.3) is 6.08 Å². The lowest BCUT2D eigenvalue weighted by Gasteiger charge is -2.30. The monoisotopic (exact) mass is 482 g/mol. The van der Waals surface area contributed by atoms with Crippen molar-refractivity contribution in [3.05, 3.63) is 100 Å². The molecule has 0 aromatic heterocycles. The van der Waals surface area contributed by atoms with E-state index >= 15 is 0 Å². The summed E-state index contributed by atoms with van der Waals surface area (Å²) in [5.74, 6) is -0.702. The summed E-state index contributed by atoms with van der Waals surface area (Å²) in [6, 6.07) is 21.1. The van der Waals surface area contributed by atoms with Gasteiger partial charge >= 0.3 is 6.18 Å². The zero-order valence-corrected chi connectivity index (χ0v) is 19.0. The molecule has 2 amide bonds. The normalized spacial score (nSPS) is 15.7. The Kier molecular flexibility index (Phi) is 6.79. The highest BCUT2D eigenvalue weighted by atomic mass is 32.2. The van der Waals surface area contributed by atoms with Gasteiger partial charge in [-0.15, -0.1) is 0 Å². The number of amides is 2. The number of halogens is 3. The largest absolute Gasteiger partial charge is 0.416 e. The van der Waals surface area contributed by atoms with Crippen LogP contribution < -0.4 is 10.2 Å². The van der Waals surface area contributed by atoms with Gasteiger partial charge in [-0.2, -0.15) is 13.2 Å². The van der Waals surface area contributed by atoms with Crippen molar-refractivity contribution in [2.75, 3.05) is 11.4 Å². The van der Waals surface area contributed by atoms with E-state index in [0.29, 0.717) is 16.2 Å². The average molecular weight is 483 g/mol. The number of benzene rings is 3. The average Bonchev–Trinajstić information content (AvgIpc) is 2.82. The summed E-state index contributed by atoms with van der Waals surface area (Å²) in [4.78, 5) is 28.6. The molecule has 0 bridgehead atoms. The maximum Gasteiger partial charge on any atom is 0.416 e. The number of carbonyl (C=O) groups excluding carboxylic acids is 2. The molecule has 0 spiro atoms. The zero-order chi connectivity index (χ0) is 24.3. The number of hydrogen-bond donors (Lipinski definition) is 1. The third kappa shape index (κ3) is 5.34. The number of thioether (sulfide) groups is 1. The Labute approximate surface area is 199 Å². The van der Waals surface area contributed by atoms with Crippen molar-refractivity contribution in [1.29, 1.82) is 0 Å². The van der Waals surface area contributed by atoms with Crippen LogP contribution in [0.1, 0.15) is 29.7 Å². The molecule has 4 rings (SSSR count). The summed E-state index contributed by atoms with van der Waals surface area (Å²) in [5.41, 5.74) is 1.27. The molecule has 0 saturated carbocycles. The topological polar surface area (TPSA) is 49.4 Å². The fraction of sp³-hybridized carbons (Fsp3) is 0.154. The van der Waals surface area contributed by atoms with Gasteiger partial charge in [0.25, 0.3) is 5.91 Å². The molecule has 1 atom stereocenters. The highest BCUT2D eigenvalue weighted by molar-refractivity contribution is 8.04. The van der Waals surface area contributed by atoms with Gasteiger partial charge in [0.1, 0.15) is 6.54 Å². The fourth-order valence-electron chi connectivity index (χ4n) is 3.59. The molecule has 0 unspecified atom stereocenters. The molecule has 1 aliphatic heterocycles. The van der Waals surface area contributed by atoms with Crippen molar-refractivity contribution >= 4 is 35.3 Å². The Morgan fingerprint density at radius 1 is 1.00 bits per heavy atom. The molecular weight excluding hydrogens is 461 g/mol. The number of fused-ring (bicyclic) bond motifs is 1. The van der Waals surface area contributed by atoms with Gasteiger partial charge in [-0.1, -0.05) is 66.4 Å². The first-order valence-corrected chi connectivity index (χ1v) is 11.4. The van der Waals surface area contributed by atoms with Gasteiger partial charge in [0.15, 0.2) is 0 Å². The summed E-state index contributed by atoms with van der Waals surface area (Å²) in [5, 5.41) is 2.91. The van der Waals surface area contributed by atoms with E-state index in [0.717, 1.165) is 22.6 Å². The molecule has 0 radical (unpaired) electrons. The first-order valence-electron chi connectivity index (χ1n) is 10.5. The second-order valence-electron chi connectivity index (χ2n) is 7.79. The van der Waals surface area contributed by atoms with Crippen LogP contribution in [0.2, 0.25) is 0 Å². The Morgan fingerprint density at radius 2 is 1.65 bits per heavy atom. The van der Waals surface area contributed by atoms with Gasteiger partial charge < -0.3 is 5.32 Å². The highest BCUT2D eigenvalue weighted by Crippen LogP contribution is 2.42. The summed E-state index contributed by atoms with van der Waals surface area (Å²) >= 11 is 1.23. The minimum absolute atomic E-state index is 0.183. The predicted molar refractivity (Wildman–Crippen MR) is 127 cm³/mol. The van der Waals surface area contributed by atoms with Crippen LogP contribution >= 0.6 is 11.8 Å². The van der Waals surface area contributed by atoms with Crippen molar-refractivity contribution in [2.45, 2.75) is 24.0 Å². The number of para-hydroxylation sites is 1. The minimum atomic E-state index is -4.43. The van der Waals surface area contributed by atoms with E-state index < -0.39 is 11.7 Å². The van der Waals surface area contributed by atoms with E-state index in [4.69, 9.17) is 0 Å². The van der Waals surface area contributed by atoms with Crippen LogP contribution in [0.4, 0.5) is 18.9 Å².